The number of hydrogen-bond acceptors (Lipinski definition) is 3. The quantitative estimate of drug-likeness (QED) is 0.751. The van der Waals surface area contributed by atoms with Crippen LogP contribution in [0.3, 0.4) is 0 Å². The molecule has 0 spiro atoms. The van der Waals surface area contributed by atoms with Crippen molar-refractivity contribution in [2.24, 2.45) is 0 Å². The van der Waals surface area contributed by atoms with Crippen LogP contribution in [0.15, 0.2) is 42.5 Å². The molecule has 1 amide bonds. The Kier molecular flexibility index (Phi) is 7.26. The van der Waals surface area contributed by atoms with Gasteiger partial charge in [-0.25, -0.2) is 0 Å². The highest BCUT2D eigenvalue weighted by atomic mass is 19.3. The lowest BCUT2D eigenvalue weighted by molar-refractivity contribution is -0.917. The molecule has 1 aliphatic rings. The third-order valence-electron chi connectivity index (χ3n) is 5.48. The van der Waals surface area contributed by atoms with Gasteiger partial charge in [-0.2, -0.15) is 8.78 Å². The highest BCUT2D eigenvalue weighted by Gasteiger charge is 2.25. The normalized spacial score (nSPS) is 15.0. The van der Waals surface area contributed by atoms with Crippen LogP contribution >= 0.6 is 0 Å². The Morgan fingerprint density at radius 2 is 1.73 bits per heavy atom. The van der Waals surface area contributed by atoms with Crippen LogP contribution in [0.1, 0.15) is 41.3 Å². The SMILES string of the molecule is COc1cc(C(=O)N2CC[NH+](Cc3ccc(C(C)C)cc3)CC2)ccc1OC(F)F. The van der Waals surface area contributed by atoms with Crippen molar-refractivity contribution < 1.29 is 27.9 Å². The van der Waals surface area contributed by atoms with Crippen LogP contribution in [0.25, 0.3) is 0 Å². The predicted molar refractivity (Wildman–Crippen MR) is 110 cm³/mol. The first kappa shape index (κ1) is 22.0. The fourth-order valence-corrected chi connectivity index (χ4v) is 3.69. The van der Waals surface area contributed by atoms with Crippen molar-refractivity contribution in [2.75, 3.05) is 33.3 Å². The number of alkyl halides is 2. The Hall–Kier alpha value is -2.67. The van der Waals surface area contributed by atoms with Crippen LogP contribution in [0, 0.1) is 0 Å². The van der Waals surface area contributed by atoms with E-state index < -0.39 is 6.61 Å². The summed E-state index contributed by atoms with van der Waals surface area (Å²) in [4.78, 5) is 16.1. The Morgan fingerprint density at radius 1 is 1.07 bits per heavy atom. The van der Waals surface area contributed by atoms with Gasteiger partial charge in [-0.05, 0) is 29.7 Å². The van der Waals surface area contributed by atoms with Gasteiger partial charge in [0, 0.05) is 11.1 Å². The molecule has 3 rings (SSSR count). The maximum atomic E-state index is 12.8. The first-order chi connectivity index (χ1) is 14.4. The second-order valence-electron chi connectivity index (χ2n) is 7.86. The van der Waals surface area contributed by atoms with Crippen LogP contribution in [-0.2, 0) is 6.54 Å². The van der Waals surface area contributed by atoms with E-state index in [-0.39, 0.29) is 17.4 Å². The van der Waals surface area contributed by atoms with Gasteiger partial charge >= 0.3 is 6.61 Å². The highest BCUT2D eigenvalue weighted by molar-refractivity contribution is 5.95. The van der Waals surface area contributed by atoms with Gasteiger partial charge in [0.1, 0.15) is 6.54 Å². The molecule has 2 aromatic carbocycles. The van der Waals surface area contributed by atoms with E-state index in [4.69, 9.17) is 4.74 Å². The molecule has 0 atom stereocenters. The summed E-state index contributed by atoms with van der Waals surface area (Å²) in [5, 5.41) is 0. The number of halogens is 2. The number of quaternary nitrogens is 1. The Balaban J connectivity index is 1.57. The maximum absolute atomic E-state index is 12.8. The first-order valence-corrected chi connectivity index (χ1v) is 10.2. The summed E-state index contributed by atoms with van der Waals surface area (Å²) >= 11 is 0. The number of carbonyl (C=O) groups is 1. The van der Waals surface area contributed by atoms with E-state index in [1.807, 2.05) is 0 Å². The minimum atomic E-state index is -2.95. The molecular formula is C23H29F2N2O3+. The largest absolute Gasteiger partial charge is 0.493 e. The Labute approximate surface area is 176 Å². The number of rotatable bonds is 7. The summed E-state index contributed by atoms with van der Waals surface area (Å²) in [7, 11) is 1.36. The van der Waals surface area contributed by atoms with Crippen LogP contribution in [0.5, 0.6) is 11.5 Å². The second-order valence-corrected chi connectivity index (χ2v) is 7.86. The van der Waals surface area contributed by atoms with Crippen LogP contribution in [0.2, 0.25) is 0 Å². The van der Waals surface area contributed by atoms with Crippen molar-refractivity contribution in [1.82, 2.24) is 4.90 Å². The van der Waals surface area contributed by atoms with Gasteiger partial charge in [0.25, 0.3) is 5.91 Å². The molecule has 0 saturated carbocycles. The van der Waals surface area contributed by atoms with E-state index in [9.17, 15) is 13.6 Å². The smallest absolute Gasteiger partial charge is 0.387 e. The Bertz CT molecular complexity index is 848. The number of methoxy groups -OCH3 is 1. The molecule has 1 fully saturated rings. The number of hydrogen-bond donors (Lipinski definition) is 1. The third-order valence-corrected chi connectivity index (χ3v) is 5.48. The monoisotopic (exact) mass is 419 g/mol. The number of nitrogens with zero attached hydrogens (tertiary/aromatic N) is 1. The fraction of sp³-hybridized carbons (Fsp3) is 0.435. The van der Waals surface area contributed by atoms with E-state index in [2.05, 4.69) is 42.8 Å². The van der Waals surface area contributed by atoms with Crippen molar-refractivity contribution in [3.05, 3.63) is 59.2 Å². The van der Waals surface area contributed by atoms with Crippen molar-refractivity contribution in [3.8, 4) is 11.5 Å². The maximum Gasteiger partial charge on any atom is 0.387 e. The van der Waals surface area contributed by atoms with Gasteiger partial charge in [0.2, 0.25) is 0 Å². The van der Waals surface area contributed by atoms with E-state index in [1.54, 1.807) is 4.90 Å². The summed E-state index contributed by atoms with van der Waals surface area (Å²) in [6.07, 6.45) is 0. The molecule has 162 valence electrons. The molecule has 7 heteroatoms. The topological polar surface area (TPSA) is 43.2 Å². The average molecular weight is 419 g/mol. The van der Waals surface area contributed by atoms with Gasteiger partial charge in [0.15, 0.2) is 11.5 Å². The molecule has 0 bridgehead atoms. The number of piperazine rings is 1. The van der Waals surface area contributed by atoms with E-state index in [0.717, 1.165) is 19.6 Å². The number of nitrogens with one attached hydrogen (secondary N) is 1. The van der Waals surface area contributed by atoms with Gasteiger partial charge < -0.3 is 19.3 Å². The Morgan fingerprint density at radius 3 is 2.30 bits per heavy atom. The third kappa shape index (κ3) is 5.48. The summed E-state index contributed by atoms with van der Waals surface area (Å²) in [5.41, 5.74) is 3.04. The highest BCUT2D eigenvalue weighted by Crippen LogP contribution is 2.29. The minimum Gasteiger partial charge on any atom is -0.493 e. The average Bonchev–Trinajstić information content (AvgIpc) is 2.74. The number of benzene rings is 2. The molecule has 0 aromatic heterocycles. The molecule has 1 N–H and O–H groups in total. The van der Waals surface area contributed by atoms with E-state index in [1.165, 1.54) is 41.3 Å². The van der Waals surface area contributed by atoms with E-state index in [0.29, 0.717) is 24.6 Å². The molecule has 1 saturated heterocycles. The molecule has 1 aliphatic heterocycles. The minimum absolute atomic E-state index is 0.0817. The zero-order chi connectivity index (χ0) is 21.7. The fourth-order valence-electron chi connectivity index (χ4n) is 3.69. The molecule has 1 heterocycles. The standard InChI is InChI=1S/C23H28F2N2O3/c1-16(2)18-6-4-17(5-7-18)15-26-10-12-27(13-11-26)22(28)19-8-9-20(30-23(24)25)21(14-19)29-3/h4-9,14,16,23H,10-13,15H2,1-3H3/p+1. The number of ether oxygens (including phenoxy) is 2. The zero-order valence-corrected chi connectivity index (χ0v) is 17.7. The number of amides is 1. The van der Waals surface area contributed by atoms with E-state index >= 15 is 0 Å². The van der Waals surface area contributed by atoms with Crippen molar-refractivity contribution >= 4 is 5.91 Å². The van der Waals surface area contributed by atoms with Crippen LogP contribution < -0.4 is 14.4 Å². The summed E-state index contributed by atoms with van der Waals surface area (Å²) in [6, 6.07) is 13.1. The van der Waals surface area contributed by atoms with Crippen molar-refractivity contribution in [1.29, 1.82) is 0 Å². The summed E-state index contributed by atoms with van der Waals surface area (Å²) in [6.45, 7) is 5.39. The van der Waals surface area contributed by atoms with Crippen LogP contribution in [0.4, 0.5) is 8.78 Å². The van der Waals surface area contributed by atoms with Crippen LogP contribution in [-0.4, -0.2) is 50.7 Å². The van der Waals surface area contributed by atoms with Gasteiger partial charge in [-0.15, -0.1) is 0 Å². The second kappa shape index (κ2) is 9.89. The van der Waals surface area contributed by atoms with Gasteiger partial charge in [-0.1, -0.05) is 38.1 Å². The predicted octanol–water partition coefficient (Wildman–Crippen LogP) is 2.96. The molecule has 30 heavy (non-hydrogen) atoms. The number of carbonyl (C=O) groups excluding carboxylic acids is 1. The molecule has 0 unspecified atom stereocenters. The summed E-state index contributed by atoms with van der Waals surface area (Å²) < 4.78 is 34.5. The van der Waals surface area contributed by atoms with Crippen molar-refractivity contribution in [2.45, 2.75) is 32.9 Å². The molecule has 5 nitrogen and oxygen atoms in total. The zero-order valence-electron chi connectivity index (χ0n) is 17.7. The van der Waals surface area contributed by atoms with Crippen molar-refractivity contribution in [3.63, 3.8) is 0 Å². The van der Waals surface area contributed by atoms with Gasteiger partial charge in [-0.3, -0.25) is 4.79 Å². The lowest BCUT2D eigenvalue weighted by atomic mass is 10.0. The van der Waals surface area contributed by atoms with Gasteiger partial charge in [0.05, 0.1) is 33.3 Å². The lowest BCUT2D eigenvalue weighted by Gasteiger charge is -2.32. The molecule has 0 radical (unpaired) electrons. The summed E-state index contributed by atoms with van der Waals surface area (Å²) in [5.74, 6) is 0.435. The molecule has 0 aliphatic carbocycles. The first-order valence-electron chi connectivity index (χ1n) is 10.2. The molecular weight excluding hydrogens is 390 g/mol. The lowest BCUT2D eigenvalue weighted by Crippen LogP contribution is -3.13. The molecule has 2 aromatic rings.